The first-order chi connectivity index (χ1) is 11.9. The highest BCUT2D eigenvalue weighted by Crippen LogP contribution is 2.23. The average Bonchev–Trinajstić information content (AvgIpc) is 2.85. The Balaban J connectivity index is 1.54. The molecule has 2 aromatic rings. The Morgan fingerprint density at radius 1 is 1.20 bits per heavy atom. The minimum absolute atomic E-state index is 0.0592. The summed E-state index contributed by atoms with van der Waals surface area (Å²) >= 11 is 3.32. The fourth-order valence-electron chi connectivity index (χ4n) is 3.17. The van der Waals surface area contributed by atoms with Crippen molar-refractivity contribution in [1.29, 1.82) is 0 Å². The smallest absolute Gasteiger partial charge is 0.322 e. The van der Waals surface area contributed by atoms with Crippen LogP contribution in [0.5, 0.6) is 0 Å². The average molecular weight is 405 g/mol. The van der Waals surface area contributed by atoms with Crippen molar-refractivity contribution in [2.24, 2.45) is 5.92 Å². The normalized spacial score (nSPS) is 20.4. The molecule has 0 saturated carbocycles. The summed E-state index contributed by atoms with van der Waals surface area (Å²) in [5, 5.41) is 5.14. The van der Waals surface area contributed by atoms with Crippen LogP contribution >= 0.6 is 15.9 Å². The second kappa shape index (κ2) is 5.69. The van der Waals surface area contributed by atoms with Gasteiger partial charge in [0.2, 0.25) is 5.43 Å². The van der Waals surface area contributed by atoms with Crippen molar-refractivity contribution in [3.63, 3.8) is 0 Å². The van der Waals surface area contributed by atoms with Gasteiger partial charge in [-0.15, -0.1) is 0 Å². The number of halogens is 1. The van der Waals surface area contributed by atoms with Gasteiger partial charge >= 0.3 is 6.03 Å². The van der Waals surface area contributed by atoms with E-state index in [2.05, 4.69) is 31.5 Å². The van der Waals surface area contributed by atoms with E-state index < -0.39 is 12.1 Å². The maximum absolute atomic E-state index is 12.6. The zero-order valence-electron chi connectivity index (χ0n) is 12.8. The minimum atomic E-state index is -0.623. The predicted octanol–water partition coefficient (Wildman–Crippen LogP) is 0.571. The molecule has 0 aliphatic carbocycles. The first-order valence-electron chi connectivity index (χ1n) is 7.65. The lowest BCUT2D eigenvalue weighted by Crippen LogP contribution is -2.58. The monoisotopic (exact) mass is 404 g/mol. The molecule has 128 valence electrons. The molecule has 0 bridgehead atoms. The van der Waals surface area contributed by atoms with Gasteiger partial charge in [0.25, 0.3) is 11.8 Å². The maximum Gasteiger partial charge on any atom is 0.322 e. The number of carbonyl (C=O) groups is 3. The summed E-state index contributed by atoms with van der Waals surface area (Å²) in [7, 11) is 0. The number of benzene rings is 1. The van der Waals surface area contributed by atoms with E-state index in [-0.39, 0.29) is 28.7 Å². The Labute approximate surface area is 149 Å². The number of H-pyrrole nitrogens is 1. The molecule has 1 atom stereocenters. The van der Waals surface area contributed by atoms with Gasteiger partial charge in [-0.25, -0.2) is 4.79 Å². The number of nitrogens with zero attached hydrogens (tertiary/aromatic N) is 1. The lowest BCUT2D eigenvalue weighted by atomic mass is 9.91. The molecule has 2 aliphatic heterocycles. The van der Waals surface area contributed by atoms with Crippen LogP contribution in [-0.2, 0) is 4.79 Å². The van der Waals surface area contributed by atoms with Crippen LogP contribution in [0.15, 0.2) is 33.7 Å². The number of amides is 4. The number of hydrogen-bond donors (Lipinski definition) is 3. The van der Waals surface area contributed by atoms with E-state index in [1.165, 1.54) is 11.1 Å². The molecular formula is C16H13BrN4O4. The number of pyridine rings is 1. The van der Waals surface area contributed by atoms with Crippen molar-refractivity contribution in [2.45, 2.75) is 6.04 Å². The minimum Gasteiger partial charge on any atom is -0.360 e. The lowest BCUT2D eigenvalue weighted by Gasteiger charge is -2.41. The Morgan fingerprint density at radius 3 is 2.64 bits per heavy atom. The summed E-state index contributed by atoms with van der Waals surface area (Å²) in [6.07, 6.45) is 1.41. The quantitative estimate of drug-likeness (QED) is 0.635. The van der Waals surface area contributed by atoms with Gasteiger partial charge in [-0.2, -0.15) is 0 Å². The van der Waals surface area contributed by atoms with Crippen LogP contribution in [0, 0.1) is 5.92 Å². The zero-order valence-corrected chi connectivity index (χ0v) is 14.4. The SMILES string of the molecule is O=C1NC(=O)C(C2CN(C(=O)c3c[nH]c4ccc(Br)cc4c3=O)C2)N1. The van der Waals surface area contributed by atoms with Crippen LogP contribution in [0.1, 0.15) is 10.4 Å². The van der Waals surface area contributed by atoms with Crippen LogP contribution < -0.4 is 16.1 Å². The van der Waals surface area contributed by atoms with Crippen LogP contribution in [0.2, 0.25) is 0 Å². The van der Waals surface area contributed by atoms with Crippen molar-refractivity contribution in [3.8, 4) is 0 Å². The molecular weight excluding hydrogens is 392 g/mol. The van der Waals surface area contributed by atoms with Crippen LogP contribution in [0.3, 0.4) is 0 Å². The molecule has 1 aromatic carbocycles. The number of imide groups is 1. The number of rotatable bonds is 2. The highest BCUT2D eigenvalue weighted by Gasteiger charge is 2.44. The van der Waals surface area contributed by atoms with E-state index in [1.807, 2.05) is 0 Å². The summed E-state index contributed by atoms with van der Waals surface area (Å²) in [5.41, 5.74) is 0.371. The van der Waals surface area contributed by atoms with Crippen LogP contribution in [0.4, 0.5) is 4.79 Å². The second-order valence-corrected chi connectivity index (χ2v) is 7.05. The maximum atomic E-state index is 12.6. The number of hydrogen-bond acceptors (Lipinski definition) is 4. The lowest BCUT2D eigenvalue weighted by molar-refractivity contribution is -0.122. The molecule has 0 spiro atoms. The molecule has 2 aliphatic rings. The Morgan fingerprint density at radius 2 is 1.96 bits per heavy atom. The predicted molar refractivity (Wildman–Crippen MR) is 92.1 cm³/mol. The van der Waals surface area contributed by atoms with Crippen LogP contribution in [-0.4, -0.2) is 46.9 Å². The van der Waals surface area contributed by atoms with Crippen molar-refractivity contribution < 1.29 is 14.4 Å². The van der Waals surface area contributed by atoms with Crippen LogP contribution in [0.25, 0.3) is 10.9 Å². The first-order valence-corrected chi connectivity index (χ1v) is 8.45. The van der Waals surface area contributed by atoms with E-state index in [0.29, 0.717) is 24.0 Å². The van der Waals surface area contributed by atoms with E-state index >= 15 is 0 Å². The highest BCUT2D eigenvalue weighted by molar-refractivity contribution is 9.10. The second-order valence-electron chi connectivity index (χ2n) is 6.13. The van der Waals surface area contributed by atoms with Gasteiger partial charge in [0, 0.05) is 40.6 Å². The van der Waals surface area contributed by atoms with E-state index in [4.69, 9.17) is 0 Å². The first kappa shape index (κ1) is 15.8. The number of nitrogens with one attached hydrogen (secondary N) is 3. The van der Waals surface area contributed by atoms with E-state index in [0.717, 1.165) is 4.47 Å². The molecule has 4 rings (SSSR count). The summed E-state index contributed by atoms with van der Waals surface area (Å²) in [4.78, 5) is 52.4. The van der Waals surface area contributed by atoms with Crippen molar-refractivity contribution >= 4 is 44.7 Å². The summed E-state index contributed by atoms with van der Waals surface area (Å²) in [5.74, 6) is -0.913. The van der Waals surface area contributed by atoms with Crippen molar-refractivity contribution in [1.82, 2.24) is 20.5 Å². The van der Waals surface area contributed by atoms with Gasteiger partial charge in [-0.3, -0.25) is 19.7 Å². The molecule has 8 nitrogen and oxygen atoms in total. The Bertz CT molecular complexity index is 980. The third-order valence-corrected chi connectivity index (χ3v) is 5.04. The number of urea groups is 1. The van der Waals surface area contributed by atoms with Gasteiger partial charge in [-0.05, 0) is 18.2 Å². The fourth-order valence-corrected chi connectivity index (χ4v) is 3.53. The van der Waals surface area contributed by atoms with Gasteiger partial charge < -0.3 is 15.2 Å². The summed E-state index contributed by atoms with van der Waals surface area (Å²) in [6, 6.07) is 4.10. The molecule has 2 fully saturated rings. The molecule has 1 unspecified atom stereocenters. The molecule has 3 heterocycles. The van der Waals surface area contributed by atoms with Gasteiger partial charge in [0.15, 0.2) is 0 Å². The third-order valence-electron chi connectivity index (χ3n) is 4.55. The Hall–Kier alpha value is -2.68. The number of likely N-dealkylation sites (tertiary alicyclic amines) is 1. The molecule has 1 aromatic heterocycles. The number of aromatic nitrogens is 1. The van der Waals surface area contributed by atoms with Crippen molar-refractivity contribution in [3.05, 3.63) is 44.7 Å². The van der Waals surface area contributed by atoms with Gasteiger partial charge in [0.05, 0.1) is 0 Å². The fraction of sp³-hybridized carbons (Fsp3) is 0.250. The van der Waals surface area contributed by atoms with E-state index in [9.17, 15) is 19.2 Å². The molecule has 4 amide bonds. The summed E-state index contributed by atoms with van der Waals surface area (Å²) < 4.78 is 0.752. The standard InChI is InChI=1S/C16H13BrN4O4/c17-8-1-2-11-9(3-8)13(22)10(4-18-11)15(24)21-5-7(6-21)12-14(23)20-16(25)19-12/h1-4,7,12H,5-6H2,(H,18,22)(H2,19,20,23,25). The molecule has 25 heavy (non-hydrogen) atoms. The molecule has 2 saturated heterocycles. The number of fused-ring (bicyclic) bond motifs is 1. The largest absolute Gasteiger partial charge is 0.360 e. The topological polar surface area (TPSA) is 111 Å². The van der Waals surface area contributed by atoms with Crippen molar-refractivity contribution in [2.75, 3.05) is 13.1 Å². The summed E-state index contributed by atoms with van der Waals surface area (Å²) in [6.45, 7) is 0.625. The number of aromatic amines is 1. The van der Waals surface area contributed by atoms with E-state index in [1.54, 1.807) is 18.2 Å². The molecule has 0 radical (unpaired) electrons. The molecule has 3 N–H and O–H groups in total. The number of carbonyl (C=O) groups excluding carboxylic acids is 3. The highest BCUT2D eigenvalue weighted by atomic mass is 79.9. The third kappa shape index (κ3) is 2.60. The van der Waals surface area contributed by atoms with Gasteiger partial charge in [-0.1, -0.05) is 15.9 Å². The Kier molecular flexibility index (Phi) is 3.60. The zero-order chi connectivity index (χ0) is 17.7. The molecule has 9 heteroatoms. The van der Waals surface area contributed by atoms with Gasteiger partial charge in [0.1, 0.15) is 11.6 Å².